The summed E-state index contributed by atoms with van der Waals surface area (Å²) in [6, 6.07) is 0. The predicted molar refractivity (Wildman–Crippen MR) is 22.8 cm³/mol. The number of hydrogen-bond donors (Lipinski definition) is 0. The Bertz CT molecular complexity index is 11.6. The maximum atomic E-state index is 4.87. The van der Waals surface area contributed by atoms with E-state index < -0.39 is 10.9 Å². The fourth-order valence-electron chi connectivity index (χ4n) is 0. The molecule has 2 N–H and O–H groups in total. The van der Waals surface area contributed by atoms with Crippen LogP contribution in [0.2, 0.25) is 0 Å². The van der Waals surface area contributed by atoms with Crippen LogP contribution in [0.5, 0.6) is 0 Å². The molecule has 0 amide bonds. The Balaban J connectivity index is 0. The first-order valence-corrected chi connectivity index (χ1v) is 4.68. The molecule has 0 spiro atoms. The van der Waals surface area contributed by atoms with E-state index in [0.717, 1.165) is 0 Å². The minimum absolute atomic E-state index is 0. The van der Waals surface area contributed by atoms with E-state index in [9.17, 15) is 0 Å². The van der Waals surface area contributed by atoms with Gasteiger partial charge in [-0.1, -0.05) is 0 Å². The summed E-state index contributed by atoms with van der Waals surface area (Å²) in [5.74, 6) is 0. The zero-order chi connectivity index (χ0) is 3.58. The largest absolute Gasteiger partial charge is 0.693 e. The molecule has 0 aromatic carbocycles. The Hall–Kier alpha value is 1.34. The Labute approximate surface area is 47.7 Å². The predicted octanol–water partition coefficient (Wildman–Crippen LogP) is 2.78. The normalized spacial score (nSPS) is 9.00. The van der Waals surface area contributed by atoms with Gasteiger partial charge in [-0.25, -0.2) is 0 Å². The molecule has 0 aliphatic carbocycles. The molecule has 0 saturated carbocycles. The van der Waals surface area contributed by atoms with E-state index in [-0.39, 0.29) is 6.15 Å². The third kappa shape index (κ3) is 33.3. The summed E-state index contributed by atoms with van der Waals surface area (Å²) in [4.78, 5) is 0. The quantitative estimate of drug-likeness (QED) is 0.550. The molecule has 5 heteroatoms. The van der Waals surface area contributed by atoms with Gasteiger partial charge in [0.15, 0.2) is 0 Å². The van der Waals surface area contributed by atoms with Crippen LogP contribution in [0.4, 0.5) is 0 Å². The van der Waals surface area contributed by atoms with Gasteiger partial charge in [0.05, 0.1) is 0 Å². The van der Waals surface area contributed by atoms with Crippen molar-refractivity contribution >= 4 is 30.4 Å². The van der Waals surface area contributed by atoms with Gasteiger partial charge in [-0.15, -0.1) is 0 Å². The van der Waals surface area contributed by atoms with Crippen molar-refractivity contribution in [2.24, 2.45) is 0 Å². The molecule has 0 aliphatic rings. The van der Waals surface area contributed by atoms with Gasteiger partial charge in [0, 0.05) is 0 Å². The van der Waals surface area contributed by atoms with Crippen LogP contribution in [0.15, 0.2) is 0 Å². The summed E-state index contributed by atoms with van der Waals surface area (Å²) < 4.78 is 0. The Morgan fingerprint density at radius 1 is 1.00 bits per heavy atom. The second-order valence-electron chi connectivity index (χ2n) is 0.143. The van der Waals surface area contributed by atoms with E-state index in [1.807, 2.05) is 0 Å². The molecule has 0 rings (SSSR count). The molecule has 1 nitrogen and oxygen atoms in total. The third-order valence-corrected chi connectivity index (χ3v) is 0. The van der Waals surface area contributed by atoms with Crippen molar-refractivity contribution in [1.29, 1.82) is 0 Å². The van der Waals surface area contributed by atoms with Crippen LogP contribution in [-0.4, -0.2) is 0 Å². The third-order valence-electron chi connectivity index (χ3n) is 0. The Kier molecular flexibility index (Phi) is 10.2. The van der Waals surface area contributed by atoms with Gasteiger partial charge < -0.3 is 6.15 Å². The van der Waals surface area contributed by atoms with Crippen molar-refractivity contribution in [3.05, 3.63) is 6.15 Å². The molecular weight excluding hydrogens is 179 g/mol. The van der Waals surface area contributed by atoms with Gasteiger partial charge in [-0.2, -0.15) is 0 Å². The van der Waals surface area contributed by atoms with Crippen LogP contribution in [-0.2, 0) is 10.9 Å². The fraction of sp³-hybridized carbons (Fsp3) is 0. The SMILES string of the molecule is [Cl][Co]([Cl])[Cl].[NH2-]. The molecular formula is H2Cl3CoN-. The standard InChI is InChI=1S/3ClH.Co.H2N/h3*1H;;1H2/q;;;+3;-1/p-3. The zero-order valence-electron chi connectivity index (χ0n) is 2.04. The van der Waals surface area contributed by atoms with E-state index in [0.29, 0.717) is 0 Å². The summed E-state index contributed by atoms with van der Waals surface area (Å²) in [5, 5.41) is 0. The van der Waals surface area contributed by atoms with Crippen molar-refractivity contribution in [2.75, 3.05) is 0 Å². The average molecular weight is 181 g/mol. The second kappa shape index (κ2) is 5.34. The van der Waals surface area contributed by atoms with E-state index in [2.05, 4.69) is 0 Å². The molecule has 0 unspecified atom stereocenters. The number of rotatable bonds is 0. The van der Waals surface area contributed by atoms with Crippen LogP contribution in [0, 0.1) is 0 Å². The smallest absolute Gasteiger partial charge is 0.693 e. The molecule has 0 aromatic heterocycles. The molecule has 0 atom stereocenters. The molecule has 5 heavy (non-hydrogen) atoms. The summed E-state index contributed by atoms with van der Waals surface area (Å²) in [6.07, 6.45) is 0. The Morgan fingerprint density at radius 3 is 1.00 bits per heavy atom. The Morgan fingerprint density at radius 2 is 1.00 bits per heavy atom. The maximum absolute atomic E-state index is 4.87. The molecule has 38 valence electrons. The first-order chi connectivity index (χ1) is 1.73. The van der Waals surface area contributed by atoms with E-state index in [4.69, 9.17) is 30.4 Å². The molecule has 0 saturated heterocycles. The van der Waals surface area contributed by atoms with Crippen molar-refractivity contribution in [3.8, 4) is 0 Å². The van der Waals surface area contributed by atoms with Gasteiger partial charge >= 0.3 is 41.4 Å². The number of hydrogen-bond acceptors (Lipinski definition) is 0. The van der Waals surface area contributed by atoms with Crippen molar-refractivity contribution in [2.45, 2.75) is 0 Å². The van der Waals surface area contributed by atoms with Crippen LogP contribution >= 0.6 is 30.4 Å². The first-order valence-electron chi connectivity index (χ1n) is 0.378. The monoisotopic (exact) mass is 180 g/mol. The number of nitrogens with two attached hydrogens (primary N) is 1. The van der Waals surface area contributed by atoms with Crippen LogP contribution in [0.25, 0.3) is 6.15 Å². The summed E-state index contributed by atoms with van der Waals surface area (Å²) in [6.45, 7) is 0. The minimum Gasteiger partial charge on any atom is -0.693 e. The molecule has 0 fully saturated rings. The topological polar surface area (TPSA) is 33.5 Å². The molecule has 0 aliphatic heterocycles. The summed E-state index contributed by atoms with van der Waals surface area (Å²) >= 11 is 0. The zero-order valence-corrected chi connectivity index (χ0v) is 5.35. The second-order valence-corrected chi connectivity index (χ2v) is 5.30. The van der Waals surface area contributed by atoms with Crippen molar-refractivity contribution in [1.82, 2.24) is 0 Å². The average Bonchev–Trinajstić information content (AvgIpc) is 0.811. The summed E-state index contributed by atoms with van der Waals surface area (Å²) in [7, 11) is 13.4. The molecule has 0 bridgehead atoms. The van der Waals surface area contributed by atoms with Crippen molar-refractivity contribution < 1.29 is 10.9 Å². The van der Waals surface area contributed by atoms with Crippen molar-refractivity contribution in [3.63, 3.8) is 0 Å². The molecule has 0 heterocycles. The van der Waals surface area contributed by atoms with Gasteiger partial charge in [-0.05, 0) is 0 Å². The van der Waals surface area contributed by atoms with Gasteiger partial charge in [0.2, 0.25) is 0 Å². The minimum atomic E-state index is -1.19. The van der Waals surface area contributed by atoms with Crippen LogP contribution < -0.4 is 0 Å². The van der Waals surface area contributed by atoms with Crippen LogP contribution in [0.1, 0.15) is 0 Å². The first kappa shape index (κ1) is 9.60. The van der Waals surface area contributed by atoms with Crippen LogP contribution in [0.3, 0.4) is 0 Å². The van der Waals surface area contributed by atoms with E-state index in [1.54, 1.807) is 0 Å². The van der Waals surface area contributed by atoms with E-state index in [1.165, 1.54) is 0 Å². The number of halogens is 3. The molecule has 0 radical (unpaired) electrons. The fourth-order valence-corrected chi connectivity index (χ4v) is 0. The van der Waals surface area contributed by atoms with Gasteiger partial charge in [0.25, 0.3) is 0 Å². The van der Waals surface area contributed by atoms with Gasteiger partial charge in [0.1, 0.15) is 0 Å². The summed E-state index contributed by atoms with van der Waals surface area (Å²) in [5.41, 5.74) is 0. The molecule has 0 aromatic rings. The van der Waals surface area contributed by atoms with Gasteiger partial charge in [-0.3, -0.25) is 0 Å². The van der Waals surface area contributed by atoms with E-state index >= 15 is 0 Å². The maximum Gasteiger partial charge on any atom is -0.693 e.